The highest BCUT2D eigenvalue weighted by Gasteiger charge is 2.51. The molecule has 0 aliphatic carbocycles. The minimum absolute atomic E-state index is 0.0910. The molecule has 26 heavy (non-hydrogen) atoms. The quantitative estimate of drug-likeness (QED) is 0.645. The first-order valence-electron chi connectivity index (χ1n) is 9.64. The second-order valence-corrected chi connectivity index (χ2v) is 10.5. The summed E-state index contributed by atoms with van der Waals surface area (Å²) in [5.41, 5.74) is 1.37. The molecule has 1 heterocycles. The molecule has 0 aromatic heterocycles. The van der Waals surface area contributed by atoms with Gasteiger partial charge in [0.2, 0.25) is 0 Å². The summed E-state index contributed by atoms with van der Waals surface area (Å²) in [6.45, 7) is 4.54. The molecule has 1 nitrogen and oxygen atoms in total. The van der Waals surface area contributed by atoms with E-state index in [-0.39, 0.29) is 5.60 Å². The van der Waals surface area contributed by atoms with E-state index in [4.69, 9.17) is 4.43 Å². The Morgan fingerprint density at radius 2 is 1.23 bits per heavy atom. The lowest BCUT2D eigenvalue weighted by molar-refractivity contribution is 0.0533. The van der Waals surface area contributed by atoms with Crippen LogP contribution in [0.25, 0.3) is 0 Å². The van der Waals surface area contributed by atoms with Gasteiger partial charge in [-0.3, -0.25) is 0 Å². The second kappa shape index (κ2) is 6.86. The highest BCUT2D eigenvalue weighted by atomic mass is 28.4. The molecular formula is C24H26OSi. The number of rotatable bonds is 4. The molecule has 0 N–H and O–H groups in total. The normalized spacial score (nSPS) is 17.5. The summed E-state index contributed by atoms with van der Waals surface area (Å²) in [6.07, 6.45) is 3.07. The molecule has 1 aliphatic rings. The molecule has 2 heteroatoms. The van der Waals surface area contributed by atoms with Crippen molar-refractivity contribution in [3.05, 3.63) is 90.5 Å². The number of fused-ring (bicyclic) bond motifs is 1. The summed E-state index contributed by atoms with van der Waals surface area (Å²) < 4.78 is 7.30. The SMILES string of the molecule is CCC1(CC)Cc2ccccc2[Si](c2ccccc2)(c2ccccc2)O1. The van der Waals surface area contributed by atoms with E-state index in [0.717, 1.165) is 19.3 Å². The van der Waals surface area contributed by atoms with Crippen molar-refractivity contribution < 1.29 is 4.43 Å². The van der Waals surface area contributed by atoms with Gasteiger partial charge in [0.25, 0.3) is 8.32 Å². The summed E-state index contributed by atoms with van der Waals surface area (Å²) in [4.78, 5) is 0. The van der Waals surface area contributed by atoms with Crippen molar-refractivity contribution in [3.63, 3.8) is 0 Å². The molecule has 4 rings (SSSR count). The molecule has 0 bridgehead atoms. The Hall–Kier alpha value is -2.16. The molecule has 0 unspecified atom stereocenters. The maximum atomic E-state index is 7.30. The van der Waals surface area contributed by atoms with Gasteiger partial charge in [-0.2, -0.15) is 0 Å². The molecule has 0 spiro atoms. The van der Waals surface area contributed by atoms with Gasteiger partial charge >= 0.3 is 0 Å². The van der Waals surface area contributed by atoms with Gasteiger partial charge in [0.05, 0.1) is 5.60 Å². The van der Waals surface area contributed by atoms with Gasteiger partial charge in [-0.1, -0.05) is 98.8 Å². The fourth-order valence-electron chi connectivity index (χ4n) is 4.37. The number of hydrogen-bond donors (Lipinski definition) is 0. The van der Waals surface area contributed by atoms with Crippen LogP contribution in [0.3, 0.4) is 0 Å². The lowest BCUT2D eigenvalue weighted by atomic mass is 9.89. The first kappa shape index (κ1) is 17.3. The zero-order chi connectivity index (χ0) is 18.0. The standard InChI is InChI=1S/C24H26OSi/c1-3-24(4-2)19-20-13-11-12-18-23(20)26(25-24,21-14-7-5-8-15-21)22-16-9-6-10-17-22/h5-18H,3-4,19H2,1-2H3. The van der Waals surface area contributed by atoms with Crippen molar-refractivity contribution in [2.24, 2.45) is 0 Å². The van der Waals surface area contributed by atoms with Gasteiger partial charge in [0.1, 0.15) is 0 Å². The smallest absolute Gasteiger partial charge is 0.288 e. The van der Waals surface area contributed by atoms with Gasteiger partial charge in [0, 0.05) is 6.42 Å². The zero-order valence-electron chi connectivity index (χ0n) is 15.6. The average Bonchev–Trinajstić information content (AvgIpc) is 2.74. The molecule has 0 radical (unpaired) electrons. The van der Waals surface area contributed by atoms with Crippen LogP contribution in [0.4, 0.5) is 0 Å². The Balaban J connectivity index is 2.07. The van der Waals surface area contributed by atoms with Gasteiger partial charge < -0.3 is 4.43 Å². The second-order valence-electron chi connectivity index (χ2n) is 7.24. The van der Waals surface area contributed by atoms with E-state index in [1.54, 1.807) is 0 Å². The highest BCUT2D eigenvalue weighted by Crippen LogP contribution is 2.33. The largest absolute Gasteiger partial charge is 0.398 e. The molecule has 3 aromatic carbocycles. The van der Waals surface area contributed by atoms with Crippen LogP contribution in [-0.2, 0) is 10.8 Å². The summed E-state index contributed by atoms with van der Waals surface area (Å²) in [5.74, 6) is 0. The van der Waals surface area contributed by atoms with Gasteiger partial charge in [-0.25, -0.2) is 0 Å². The molecule has 0 amide bonds. The van der Waals surface area contributed by atoms with Crippen molar-refractivity contribution in [3.8, 4) is 0 Å². The molecule has 1 aliphatic heterocycles. The maximum Gasteiger partial charge on any atom is 0.288 e. The van der Waals surface area contributed by atoms with Crippen LogP contribution in [-0.4, -0.2) is 13.9 Å². The van der Waals surface area contributed by atoms with Gasteiger partial charge in [-0.05, 0) is 34.0 Å². The van der Waals surface area contributed by atoms with E-state index in [0.29, 0.717) is 0 Å². The van der Waals surface area contributed by atoms with Gasteiger partial charge in [-0.15, -0.1) is 0 Å². The lowest BCUT2D eigenvalue weighted by Gasteiger charge is -2.48. The van der Waals surface area contributed by atoms with Crippen LogP contribution in [0.5, 0.6) is 0 Å². The Morgan fingerprint density at radius 1 is 0.731 bits per heavy atom. The monoisotopic (exact) mass is 358 g/mol. The maximum absolute atomic E-state index is 7.30. The summed E-state index contributed by atoms with van der Waals surface area (Å²) in [7, 11) is -2.53. The van der Waals surface area contributed by atoms with Crippen molar-refractivity contribution in [2.45, 2.75) is 38.7 Å². The third kappa shape index (κ3) is 2.65. The first-order valence-corrected chi connectivity index (χ1v) is 11.5. The molecule has 0 saturated carbocycles. The molecule has 132 valence electrons. The Morgan fingerprint density at radius 3 is 1.77 bits per heavy atom. The molecule has 0 saturated heterocycles. The van der Waals surface area contributed by atoms with E-state index in [2.05, 4.69) is 98.8 Å². The van der Waals surface area contributed by atoms with Gasteiger partial charge in [0.15, 0.2) is 0 Å². The van der Waals surface area contributed by atoms with Crippen LogP contribution >= 0.6 is 0 Å². The predicted molar refractivity (Wildman–Crippen MR) is 112 cm³/mol. The summed E-state index contributed by atoms with van der Waals surface area (Å²) in [5, 5.41) is 4.09. The fraction of sp³-hybridized carbons (Fsp3) is 0.250. The topological polar surface area (TPSA) is 9.23 Å². The molecular weight excluding hydrogens is 332 g/mol. The van der Waals surface area contributed by atoms with Crippen molar-refractivity contribution in [1.82, 2.24) is 0 Å². The highest BCUT2D eigenvalue weighted by molar-refractivity contribution is 7.07. The Kier molecular flexibility index (Phi) is 4.56. The van der Waals surface area contributed by atoms with Crippen LogP contribution in [0.2, 0.25) is 0 Å². The lowest BCUT2D eigenvalue weighted by Crippen LogP contribution is -2.75. The summed E-state index contributed by atoms with van der Waals surface area (Å²) in [6, 6.07) is 30.8. The average molecular weight is 359 g/mol. The number of benzene rings is 3. The van der Waals surface area contributed by atoms with Crippen molar-refractivity contribution >= 4 is 23.9 Å². The van der Waals surface area contributed by atoms with Crippen LogP contribution in [0.15, 0.2) is 84.9 Å². The minimum Gasteiger partial charge on any atom is -0.398 e. The van der Waals surface area contributed by atoms with Crippen molar-refractivity contribution in [2.75, 3.05) is 0 Å². The molecule has 0 atom stereocenters. The zero-order valence-corrected chi connectivity index (χ0v) is 16.6. The molecule has 0 fully saturated rings. The minimum atomic E-state index is -2.53. The third-order valence-corrected chi connectivity index (χ3v) is 10.2. The van der Waals surface area contributed by atoms with Crippen LogP contribution in [0.1, 0.15) is 32.3 Å². The third-order valence-electron chi connectivity index (χ3n) is 5.93. The van der Waals surface area contributed by atoms with E-state index in [1.807, 2.05) is 0 Å². The summed E-state index contributed by atoms with van der Waals surface area (Å²) >= 11 is 0. The van der Waals surface area contributed by atoms with Crippen molar-refractivity contribution in [1.29, 1.82) is 0 Å². The van der Waals surface area contributed by atoms with E-state index in [1.165, 1.54) is 21.1 Å². The van der Waals surface area contributed by atoms with E-state index < -0.39 is 8.32 Å². The molecule has 3 aromatic rings. The van der Waals surface area contributed by atoms with E-state index >= 15 is 0 Å². The van der Waals surface area contributed by atoms with Crippen LogP contribution < -0.4 is 15.6 Å². The predicted octanol–water partition coefficient (Wildman–Crippen LogP) is 3.79. The fourth-order valence-corrected chi connectivity index (χ4v) is 8.96. The Bertz CT molecular complexity index is 829. The number of hydrogen-bond acceptors (Lipinski definition) is 1. The van der Waals surface area contributed by atoms with Crippen LogP contribution in [0, 0.1) is 0 Å². The first-order chi connectivity index (χ1) is 12.7. The van der Waals surface area contributed by atoms with E-state index in [9.17, 15) is 0 Å². The Labute approximate surface area is 157 Å².